The summed E-state index contributed by atoms with van der Waals surface area (Å²) in [6.07, 6.45) is 16.6. The number of hydrogen-bond acceptors (Lipinski definition) is 2. The smallest absolute Gasteiger partial charge is 0.250 e. The molecular formula is C24H35NO2. The van der Waals surface area contributed by atoms with Crippen LogP contribution in [0.3, 0.4) is 0 Å². The summed E-state index contributed by atoms with van der Waals surface area (Å²) < 4.78 is 5.64. The molecule has 0 spiro atoms. The maximum absolute atomic E-state index is 13.0. The molecule has 0 unspecified atom stereocenters. The van der Waals surface area contributed by atoms with Crippen molar-refractivity contribution in [2.75, 3.05) is 13.7 Å². The molecule has 1 N–H and O–H groups in total. The summed E-state index contributed by atoms with van der Waals surface area (Å²) in [6.45, 7) is 0.845. The first-order valence-electron chi connectivity index (χ1n) is 11.4. The van der Waals surface area contributed by atoms with Crippen LogP contribution in [0.2, 0.25) is 0 Å². The van der Waals surface area contributed by atoms with E-state index in [0.717, 1.165) is 48.5 Å². The number of nitrogens with one attached hydrogen (secondary N) is 1. The van der Waals surface area contributed by atoms with Gasteiger partial charge >= 0.3 is 0 Å². The third-order valence-corrected chi connectivity index (χ3v) is 8.43. The molecule has 0 heterocycles. The highest BCUT2D eigenvalue weighted by Crippen LogP contribution is 2.61. The molecule has 6 aliphatic rings. The molecule has 0 radical (unpaired) electrons. The minimum Gasteiger partial charge on any atom is -0.500 e. The third kappa shape index (κ3) is 3.36. The van der Waals surface area contributed by atoms with Crippen LogP contribution in [-0.4, -0.2) is 19.6 Å². The number of methoxy groups -OCH3 is 1. The molecule has 27 heavy (non-hydrogen) atoms. The summed E-state index contributed by atoms with van der Waals surface area (Å²) in [5, 5.41) is 3.29. The monoisotopic (exact) mass is 369 g/mol. The van der Waals surface area contributed by atoms with Crippen molar-refractivity contribution in [2.24, 2.45) is 23.2 Å². The van der Waals surface area contributed by atoms with Crippen molar-refractivity contribution in [1.29, 1.82) is 0 Å². The zero-order valence-corrected chi connectivity index (χ0v) is 16.9. The molecule has 3 heteroatoms. The SMILES string of the molecule is COC1=C(C(=O)NCCC23CC4CC(CC(C4)C2)C3)CC2=C(CCCC2)C1. The lowest BCUT2D eigenvalue weighted by molar-refractivity contribution is -0.118. The molecule has 1 amide bonds. The minimum atomic E-state index is 0.133. The lowest BCUT2D eigenvalue weighted by atomic mass is 9.49. The number of carbonyl (C=O) groups excluding carboxylic acids is 1. The molecule has 4 saturated carbocycles. The Labute approximate surface area is 164 Å². The third-order valence-electron chi connectivity index (χ3n) is 8.43. The van der Waals surface area contributed by atoms with E-state index in [0.29, 0.717) is 5.41 Å². The first-order chi connectivity index (χ1) is 13.1. The molecule has 0 aromatic carbocycles. The normalized spacial score (nSPS) is 37.4. The maximum atomic E-state index is 13.0. The van der Waals surface area contributed by atoms with Crippen LogP contribution in [0.15, 0.2) is 22.5 Å². The molecule has 3 nitrogen and oxygen atoms in total. The van der Waals surface area contributed by atoms with Gasteiger partial charge in [-0.3, -0.25) is 4.79 Å². The van der Waals surface area contributed by atoms with Crippen LogP contribution >= 0.6 is 0 Å². The van der Waals surface area contributed by atoms with Crippen molar-refractivity contribution >= 4 is 5.91 Å². The highest BCUT2D eigenvalue weighted by molar-refractivity contribution is 5.94. The Hall–Kier alpha value is -1.25. The molecule has 0 saturated heterocycles. The fraction of sp³-hybridized carbons (Fsp3) is 0.792. The Kier molecular flexibility index (Phi) is 4.60. The number of amides is 1. The van der Waals surface area contributed by atoms with Crippen LogP contribution in [0.5, 0.6) is 0 Å². The molecule has 0 atom stereocenters. The van der Waals surface area contributed by atoms with Gasteiger partial charge in [0.25, 0.3) is 5.91 Å². The van der Waals surface area contributed by atoms with Crippen molar-refractivity contribution in [3.63, 3.8) is 0 Å². The lowest BCUT2D eigenvalue weighted by Gasteiger charge is -2.57. The molecule has 4 bridgehead atoms. The van der Waals surface area contributed by atoms with E-state index in [1.807, 2.05) is 0 Å². The van der Waals surface area contributed by atoms with Gasteiger partial charge in [0, 0.05) is 19.4 Å². The maximum Gasteiger partial charge on any atom is 0.250 e. The first kappa shape index (κ1) is 17.8. The molecule has 0 aromatic rings. The minimum absolute atomic E-state index is 0.133. The number of rotatable bonds is 5. The van der Waals surface area contributed by atoms with Gasteiger partial charge in [-0.1, -0.05) is 11.1 Å². The van der Waals surface area contributed by atoms with Crippen LogP contribution in [0, 0.1) is 23.2 Å². The zero-order chi connectivity index (χ0) is 18.4. The van der Waals surface area contributed by atoms with Crippen molar-refractivity contribution < 1.29 is 9.53 Å². The number of allylic oxidation sites excluding steroid dienone is 2. The van der Waals surface area contributed by atoms with E-state index in [9.17, 15) is 4.79 Å². The van der Waals surface area contributed by atoms with Gasteiger partial charge in [-0.15, -0.1) is 0 Å². The van der Waals surface area contributed by atoms with Crippen molar-refractivity contribution in [2.45, 2.75) is 83.5 Å². The van der Waals surface area contributed by atoms with Gasteiger partial charge in [0.05, 0.1) is 12.7 Å². The van der Waals surface area contributed by atoms with Gasteiger partial charge in [-0.25, -0.2) is 0 Å². The van der Waals surface area contributed by atoms with Gasteiger partial charge in [0.15, 0.2) is 0 Å². The average Bonchev–Trinajstić information content (AvgIpc) is 2.65. The molecule has 6 rings (SSSR count). The Morgan fingerprint density at radius 3 is 2.19 bits per heavy atom. The van der Waals surface area contributed by atoms with E-state index in [4.69, 9.17) is 4.74 Å². The van der Waals surface area contributed by atoms with Crippen LogP contribution in [0.25, 0.3) is 0 Å². The summed E-state index contributed by atoms with van der Waals surface area (Å²) in [4.78, 5) is 13.0. The molecule has 4 fully saturated rings. The lowest BCUT2D eigenvalue weighted by Crippen LogP contribution is -2.47. The van der Waals surface area contributed by atoms with Gasteiger partial charge in [0.1, 0.15) is 5.76 Å². The fourth-order valence-corrected chi connectivity index (χ4v) is 7.62. The summed E-state index contributed by atoms with van der Waals surface area (Å²) in [5.74, 6) is 4.02. The van der Waals surface area contributed by atoms with E-state index in [2.05, 4.69) is 5.32 Å². The second-order valence-electron chi connectivity index (χ2n) is 10.3. The Balaban J connectivity index is 1.20. The number of carbonyl (C=O) groups is 1. The van der Waals surface area contributed by atoms with Gasteiger partial charge in [0.2, 0.25) is 0 Å². The Morgan fingerprint density at radius 1 is 1.00 bits per heavy atom. The van der Waals surface area contributed by atoms with Crippen molar-refractivity contribution in [1.82, 2.24) is 5.32 Å². The van der Waals surface area contributed by atoms with E-state index in [1.54, 1.807) is 12.7 Å². The molecule has 0 aromatic heterocycles. The van der Waals surface area contributed by atoms with Crippen LogP contribution in [0.1, 0.15) is 83.5 Å². The van der Waals surface area contributed by atoms with Crippen LogP contribution in [-0.2, 0) is 9.53 Å². The second-order valence-corrected chi connectivity index (χ2v) is 10.3. The summed E-state index contributed by atoms with van der Waals surface area (Å²) in [5.41, 5.74) is 4.52. The van der Waals surface area contributed by atoms with E-state index < -0.39 is 0 Å². The van der Waals surface area contributed by atoms with Gasteiger partial charge < -0.3 is 10.1 Å². The fourth-order valence-electron chi connectivity index (χ4n) is 7.62. The summed E-state index contributed by atoms with van der Waals surface area (Å²) in [7, 11) is 1.73. The largest absolute Gasteiger partial charge is 0.500 e. The average molecular weight is 370 g/mol. The highest BCUT2D eigenvalue weighted by atomic mass is 16.5. The second kappa shape index (κ2) is 6.97. The van der Waals surface area contributed by atoms with E-state index in [1.165, 1.54) is 76.2 Å². The Morgan fingerprint density at radius 2 is 1.59 bits per heavy atom. The van der Waals surface area contributed by atoms with Gasteiger partial charge in [-0.2, -0.15) is 0 Å². The predicted octanol–water partition coefficient (Wildman–Crippen LogP) is 5.27. The molecule has 148 valence electrons. The topological polar surface area (TPSA) is 38.3 Å². The van der Waals surface area contributed by atoms with Crippen LogP contribution < -0.4 is 5.32 Å². The van der Waals surface area contributed by atoms with Crippen molar-refractivity contribution in [3.8, 4) is 0 Å². The molecular weight excluding hydrogens is 334 g/mol. The standard InChI is InChI=1S/C24H35NO2/c1-27-22-12-20-5-3-2-4-19(20)11-21(22)23(26)25-7-6-24-13-16-8-17(14-24)10-18(9-16)15-24/h16-18H,2-15H2,1H3,(H,25,26). The first-order valence-corrected chi connectivity index (χ1v) is 11.4. The molecule has 6 aliphatic carbocycles. The number of hydrogen-bond donors (Lipinski definition) is 1. The highest BCUT2D eigenvalue weighted by Gasteiger charge is 2.50. The van der Waals surface area contributed by atoms with Crippen molar-refractivity contribution in [3.05, 3.63) is 22.5 Å². The quantitative estimate of drug-likeness (QED) is 0.670. The zero-order valence-electron chi connectivity index (χ0n) is 16.9. The van der Waals surface area contributed by atoms with Crippen LogP contribution in [0.4, 0.5) is 0 Å². The predicted molar refractivity (Wildman–Crippen MR) is 107 cm³/mol. The van der Waals surface area contributed by atoms with E-state index in [-0.39, 0.29) is 5.91 Å². The summed E-state index contributed by atoms with van der Waals surface area (Å²) in [6, 6.07) is 0. The van der Waals surface area contributed by atoms with E-state index >= 15 is 0 Å². The number of ether oxygens (including phenoxy) is 1. The van der Waals surface area contributed by atoms with Gasteiger partial charge in [-0.05, 0) is 93.8 Å². The summed E-state index contributed by atoms with van der Waals surface area (Å²) >= 11 is 0. The molecule has 0 aliphatic heterocycles. The Bertz CT molecular complexity index is 651.